The van der Waals surface area contributed by atoms with Gasteiger partial charge in [-0.1, -0.05) is 39.7 Å². The molecule has 0 fully saturated rings. The maximum Gasteiger partial charge on any atom is 0.178 e. The summed E-state index contributed by atoms with van der Waals surface area (Å²) in [5.41, 5.74) is 3.25. The molecule has 0 saturated carbocycles. The van der Waals surface area contributed by atoms with Crippen LogP contribution in [0.5, 0.6) is 0 Å². The van der Waals surface area contributed by atoms with Crippen LogP contribution in [0, 0.1) is 4.77 Å². The standard InChI is InChI=1S/C14H10BrClN2S/c15-10-4-5-13-12(7-10)17-14(19)18(13)8-9-2-1-3-11(16)6-9/h1-7H,8H2,(H,17,19). The molecule has 0 spiro atoms. The maximum absolute atomic E-state index is 6.01. The van der Waals surface area contributed by atoms with Crippen molar-refractivity contribution in [2.45, 2.75) is 6.54 Å². The first-order valence-electron chi connectivity index (χ1n) is 5.76. The molecular weight excluding hydrogens is 344 g/mol. The number of H-pyrrole nitrogens is 1. The van der Waals surface area contributed by atoms with Gasteiger partial charge in [-0.3, -0.25) is 0 Å². The molecular formula is C14H10BrClN2S. The van der Waals surface area contributed by atoms with Crippen molar-refractivity contribution in [2.75, 3.05) is 0 Å². The molecule has 19 heavy (non-hydrogen) atoms. The highest BCUT2D eigenvalue weighted by molar-refractivity contribution is 9.10. The molecule has 2 nitrogen and oxygen atoms in total. The van der Waals surface area contributed by atoms with Gasteiger partial charge in [0.2, 0.25) is 0 Å². The number of halogens is 2. The van der Waals surface area contributed by atoms with Crippen molar-refractivity contribution >= 4 is 50.8 Å². The molecule has 0 atom stereocenters. The molecule has 2 aromatic carbocycles. The predicted octanol–water partition coefficient (Wildman–Crippen LogP) is 5.16. The third-order valence-corrected chi connectivity index (χ3v) is 4.02. The van der Waals surface area contributed by atoms with Crippen molar-refractivity contribution in [3.8, 4) is 0 Å². The first-order valence-corrected chi connectivity index (χ1v) is 7.34. The van der Waals surface area contributed by atoms with Crippen LogP contribution < -0.4 is 0 Å². The van der Waals surface area contributed by atoms with Crippen LogP contribution in [0.2, 0.25) is 5.02 Å². The van der Waals surface area contributed by atoms with Gasteiger partial charge in [0.1, 0.15) is 0 Å². The number of rotatable bonds is 2. The Morgan fingerprint density at radius 3 is 2.84 bits per heavy atom. The molecule has 0 aliphatic rings. The Hall–Kier alpha value is -1.10. The highest BCUT2D eigenvalue weighted by Gasteiger charge is 2.05. The van der Waals surface area contributed by atoms with Crippen molar-refractivity contribution in [1.29, 1.82) is 0 Å². The van der Waals surface area contributed by atoms with E-state index >= 15 is 0 Å². The van der Waals surface area contributed by atoms with Gasteiger partial charge in [0, 0.05) is 9.50 Å². The molecule has 96 valence electrons. The number of aromatic nitrogens is 2. The molecule has 0 bridgehead atoms. The van der Waals surface area contributed by atoms with E-state index in [4.69, 9.17) is 23.8 Å². The van der Waals surface area contributed by atoms with E-state index in [0.29, 0.717) is 11.3 Å². The molecule has 3 aromatic rings. The van der Waals surface area contributed by atoms with Crippen LogP contribution in [-0.2, 0) is 6.54 Å². The van der Waals surface area contributed by atoms with Gasteiger partial charge >= 0.3 is 0 Å². The van der Waals surface area contributed by atoms with Gasteiger partial charge in [0.15, 0.2) is 4.77 Å². The van der Waals surface area contributed by atoms with Crippen LogP contribution in [0.3, 0.4) is 0 Å². The van der Waals surface area contributed by atoms with Gasteiger partial charge < -0.3 is 9.55 Å². The van der Waals surface area contributed by atoms with Gasteiger partial charge in [-0.25, -0.2) is 0 Å². The molecule has 0 amide bonds. The van der Waals surface area contributed by atoms with E-state index < -0.39 is 0 Å². The van der Waals surface area contributed by atoms with E-state index in [1.165, 1.54) is 0 Å². The summed E-state index contributed by atoms with van der Waals surface area (Å²) in [7, 11) is 0. The molecule has 5 heteroatoms. The van der Waals surface area contributed by atoms with Gasteiger partial charge in [0.25, 0.3) is 0 Å². The quantitative estimate of drug-likeness (QED) is 0.631. The van der Waals surface area contributed by atoms with E-state index in [1.807, 2.05) is 36.4 Å². The average Bonchev–Trinajstić information content (AvgIpc) is 2.65. The fraction of sp³-hybridized carbons (Fsp3) is 0.0714. The zero-order chi connectivity index (χ0) is 13.4. The molecule has 1 heterocycles. The van der Waals surface area contributed by atoms with E-state index in [0.717, 1.165) is 26.1 Å². The number of nitrogens with one attached hydrogen (secondary N) is 1. The van der Waals surface area contributed by atoms with Crippen molar-refractivity contribution in [3.05, 3.63) is 62.3 Å². The summed E-state index contributed by atoms with van der Waals surface area (Å²) in [5, 5.41) is 0.742. The predicted molar refractivity (Wildman–Crippen MR) is 85.4 cm³/mol. The molecule has 0 aliphatic carbocycles. The number of hydrogen-bond donors (Lipinski definition) is 1. The van der Waals surface area contributed by atoms with E-state index in [2.05, 4.69) is 31.5 Å². The van der Waals surface area contributed by atoms with Crippen LogP contribution in [0.15, 0.2) is 46.9 Å². The fourth-order valence-electron chi connectivity index (χ4n) is 2.11. The highest BCUT2D eigenvalue weighted by atomic mass is 79.9. The second kappa shape index (κ2) is 5.12. The third kappa shape index (κ3) is 2.61. The number of nitrogens with zero attached hydrogens (tertiary/aromatic N) is 1. The lowest BCUT2D eigenvalue weighted by atomic mass is 10.2. The second-order valence-corrected chi connectivity index (χ2v) is 6.05. The Kier molecular flexibility index (Phi) is 3.48. The van der Waals surface area contributed by atoms with E-state index in [9.17, 15) is 0 Å². The highest BCUT2D eigenvalue weighted by Crippen LogP contribution is 2.21. The maximum atomic E-state index is 6.01. The summed E-state index contributed by atoms with van der Waals surface area (Å²) in [5.74, 6) is 0. The fourth-order valence-corrected chi connectivity index (χ4v) is 2.96. The molecule has 0 unspecified atom stereocenters. The lowest BCUT2D eigenvalue weighted by molar-refractivity contribution is 0.810. The normalized spacial score (nSPS) is 11.1. The molecule has 1 N–H and O–H groups in total. The van der Waals surface area contributed by atoms with Crippen LogP contribution >= 0.6 is 39.7 Å². The minimum Gasteiger partial charge on any atom is -0.331 e. The third-order valence-electron chi connectivity index (χ3n) is 2.97. The minimum absolute atomic E-state index is 0.709. The number of benzene rings is 2. The van der Waals surface area contributed by atoms with Gasteiger partial charge in [-0.05, 0) is 48.1 Å². The first-order chi connectivity index (χ1) is 9.13. The average molecular weight is 354 g/mol. The Morgan fingerprint density at radius 1 is 1.21 bits per heavy atom. The molecule has 0 radical (unpaired) electrons. The Balaban J connectivity index is 2.10. The van der Waals surface area contributed by atoms with Gasteiger partial charge in [-0.2, -0.15) is 0 Å². The second-order valence-electron chi connectivity index (χ2n) is 4.31. The number of fused-ring (bicyclic) bond motifs is 1. The van der Waals surface area contributed by atoms with E-state index in [-0.39, 0.29) is 0 Å². The smallest absolute Gasteiger partial charge is 0.178 e. The summed E-state index contributed by atoms with van der Waals surface area (Å²) >= 11 is 14.9. The molecule has 3 rings (SSSR count). The van der Waals surface area contributed by atoms with Crippen molar-refractivity contribution < 1.29 is 0 Å². The zero-order valence-electron chi connectivity index (χ0n) is 9.86. The zero-order valence-corrected chi connectivity index (χ0v) is 13.0. The molecule has 0 saturated heterocycles. The number of imidazole rings is 1. The Morgan fingerprint density at radius 2 is 2.05 bits per heavy atom. The Bertz CT molecular complexity index is 807. The summed E-state index contributed by atoms with van der Waals surface area (Å²) in [6, 6.07) is 13.9. The largest absolute Gasteiger partial charge is 0.331 e. The first kappa shape index (κ1) is 12.9. The van der Waals surface area contributed by atoms with Crippen molar-refractivity contribution in [2.24, 2.45) is 0 Å². The lowest BCUT2D eigenvalue weighted by Crippen LogP contribution is -1.99. The SMILES string of the molecule is S=c1[nH]c2cc(Br)ccc2n1Cc1cccc(Cl)c1. The van der Waals surface area contributed by atoms with Crippen LogP contribution in [-0.4, -0.2) is 9.55 Å². The molecule has 0 aliphatic heterocycles. The van der Waals surface area contributed by atoms with E-state index in [1.54, 1.807) is 0 Å². The van der Waals surface area contributed by atoms with Crippen molar-refractivity contribution in [3.63, 3.8) is 0 Å². The van der Waals surface area contributed by atoms with Crippen molar-refractivity contribution in [1.82, 2.24) is 9.55 Å². The van der Waals surface area contributed by atoms with Crippen LogP contribution in [0.4, 0.5) is 0 Å². The molecule has 1 aromatic heterocycles. The van der Waals surface area contributed by atoms with Crippen LogP contribution in [0.1, 0.15) is 5.56 Å². The monoisotopic (exact) mass is 352 g/mol. The summed E-state index contributed by atoms with van der Waals surface area (Å²) in [6.45, 7) is 0.709. The minimum atomic E-state index is 0.709. The topological polar surface area (TPSA) is 20.7 Å². The summed E-state index contributed by atoms with van der Waals surface area (Å²) in [6.07, 6.45) is 0. The summed E-state index contributed by atoms with van der Waals surface area (Å²) < 4.78 is 3.82. The van der Waals surface area contributed by atoms with Gasteiger partial charge in [0.05, 0.1) is 17.6 Å². The number of hydrogen-bond acceptors (Lipinski definition) is 1. The summed E-state index contributed by atoms with van der Waals surface area (Å²) in [4.78, 5) is 3.22. The van der Waals surface area contributed by atoms with Gasteiger partial charge in [-0.15, -0.1) is 0 Å². The lowest BCUT2D eigenvalue weighted by Gasteiger charge is -2.05. The Labute approximate surface area is 129 Å². The van der Waals surface area contributed by atoms with Crippen LogP contribution in [0.25, 0.3) is 11.0 Å². The number of aromatic amines is 1.